The second kappa shape index (κ2) is 14.5. The Labute approximate surface area is 155 Å². The Kier molecular flexibility index (Phi) is 16.7. The third-order valence-corrected chi connectivity index (χ3v) is 4.68. The van der Waals surface area contributed by atoms with Crippen LogP contribution >= 0.6 is 0 Å². The summed E-state index contributed by atoms with van der Waals surface area (Å²) in [4.78, 5) is 0. The Hall–Kier alpha value is 0.910. The molecule has 0 aromatic carbocycles. The SMILES string of the molecule is CC(C)CCCCCOS(=O)(=O)CCCCCC(C)C.[NaH]. The van der Waals surface area contributed by atoms with Crippen LogP contribution in [0, 0.1) is 11.8 Å². The van der Waals surface area contributed by atoms with Crippen molar-refractivity contribution in [3.8, 4) is 0 Å². The quantitative estimate of drug-likeness (QED) is 0.290. The van der Waals surface area contributed by atoms with Crippen LogP contribution in [-0.4, -0.2) is 50.3 Å². The normalized spacial score (nSPS) is 11.9. The second-order valence-electron chi connectivity index (χ2n) is 6.57. The van der Waals surface area contributed by atoms with Crippen molar-refractivity contribution in [2.45, 2.75) is 79.1 Å². The zero-order valence-electron chi connectivity index (χ0n) is 13.9. The van der Waals surface area contributed by atoms with Gasteiger partial charge in [-0.15, -0.1) is 0 Å². The van der Waals surface area contributed by atoms with Crippen molar-refractivity contribution >= 4 is 39.7 Å². The first-order valence-corrected chi connectivity index (χ1v) is 9.78. The fourth-order valence-electron chi connectivity index (χ4n) is 2.08. The van der Waals surface area contributed by atoms with E-state index >= 15 is 0 Å². The molecule has 0 aliphatic rings. The monoisotopic (exact) mass is 330 g/mol. The van der Waals surface area contributed by atoms with Crippen molar-refractivity contribution in [2.24, 2.45) is 11.8 Å². The van der Waals surface area contributed by atoms with Crippen LogP contribution in [-0.2, 0) is 14.3 Å². The maximum atomic E-state index is 11.6. The Balaban J connectivity index is 0. The first kappa shape index (κ1) is 24.2. The van der Waals surface area contributed by atoms with E-state index in [-0.39, 0.29) is 35.3 Å². The van der Waals surface area contributed by atoms with Crippen molar-refractivity contribution in [1.82, 2.24) is 0 Å². The van der Waals surface area contributed by atoms with Crippen LogP contribution in [0.25, 0.3) is 0 Å². The molecular weight excluding hydrogens is 295 g/mol. The maximum absolute atomic E-state index is 11.6. The molecule has 3 nitrogen and oxygen atoms in total. The van der Waals surface area contributed by atoms with Crippen molar-refractivity contribution in [3.63, 3.8) is 0 Å². The van der Waals surface area contributed by atoms with Gasteiger partial charge in [-0.2, -0.15) is 8.42 Å². The molecule has 5 heteroatoms. The Morgan fingerprint density at radius 3 is 1.71 bits per heavy atom. The zero-order chi connectivity index (χ0) is 15.4. The van der Waals surface area contributed by atoms with Gasteiger partial charge in [-0.1, -0.05) is 66.2 Å². The van der Waals surface area contributed by atoms with Crippen LogP contribution in [0.5, 0.6) is 0 Å². The summed E-state index contributed by atoms with van der Waals surface area (Å²) in [5.41, 5.74) is 0. The molecule has 0 heterocycles. The van der Waals surface area contributed by atoms with Gasteiger partial charge in [0.05, 0.1) is 12.4 Å². The summed E-state index contributed by atoms with van der Waals surface area (Å²) in [6.45, 7) is 9.16. The second-order valence-corrected chi connectivity index (χ2v) is 8.33. The molecule has 0 atom stereocenters. The number of unbranched alkanes of at least 4 members (excludes halogenated alkanes) is 4. The molecule has 0 fully saturated rings. The molecule has 0 N–H and O–H groups in total. The molecule has 0 aliphatic heterocycles. The minimum atomic E-state index is -3.29. The van der Waals surface area contributed by atoms with E-state index in [2.05, 4.69) is 27.7 Å². The molecule has 0 saturated heterocycles. The zero-order valence-corrected chi connectivity index (χ0v) is 14.7. The fourth-order valence-corrected chi connectivity index (χ4v) is 3.13. The molecule has 0 spiro atoms. The number of rotatable bonds is 13. The average molecular weight is 331 g/mol. The van der Waals surface area contributed by atoms with Gasteiger partial charge in [-0.25, -0.2) is 0 Å². The van der Waals surface area contributed by atoms with E-state index in [1.807, 2.05) is 0 Å². The first-order valence-electron chi connectivity index (χ1n) is 8.20. The van der Waals surface area contributed by atoms with Gasteiger partial charge in [0.1, 0.15) is 0 Å². The summed E-state index contributed by atoms with van der Waals surface area (Å²) >= 11 is 0. The number of hydrogen-bond donors (Lipinski definition) is 0. The molecule has 0 aliphatic carbocycles. The van der Waals surface area contributed by atoms with Gasteiger partial charge in [-0.05, 0) is 24.7 Å². The van der Waals surface area contributed by atoms with E-state index in [1.165, 1.54) is 12.8 Å². The molecule has 0 radical (unpaired) electrons. The van der Waals surface area contributed by atoms with E-state index < -0.39 is 10.1 Å². The third-order valence-electron chi connectivity index (χ3n) is 3.36. The number of hydrogen-bond acceptors (Lipinski definition) is 3. The van der Waals surface area contributed by atoms with E-state index in [0.29, 0.717) is 12.5 Å². The van der Waals surface area contributed by atoms with Crippen molar-refractivity contribution in [1.29, 1.82) is 0 Å². The molecule has 0 bridgehead atoms. The van der Waals surface area contributed by atoms with Crippen molar-refractivity contribution in [2.75, 3.05) is 12.4 Å². The van der Waals surface area contributed by atoms with Gasteiger partial charge in [-0.3, -0.25) is 4.18 Å². The van der Waals surface area contributed by atoms with Crippen LogP contribution in [0.1, 0.15) is 79.1 Å². The fraction of sp³-hybridized carbons (Fsp3) is 1.00. The van der Waals surface area contributed by atoms with E-state index in [1.54, 1.807) is 0 Å². The summed E-state index contributed by atoms with van der Waals surface area (Å²) in [5, 5.41) is 0. The standard InChI is InChI=1S/C16H34O3S.Na.H/c1-15(2)11-7-5-9-13-19-20(17,18)14-10-6-8-12-16(3)4;;/h15-16H,5-14H2,1-4H3;;. The molecule has 0 amide bonds. The van der Waals surface area contributed by atoms with Crippen LogP contribution in [0.15, 0.2) is 0 Å². The van der Waals surface area contributed by atoms with Crippen molar-refractivity contribution in [3.05, 3.63) is 0 Å². The van der Waals surface area contributed by atoms with Crippen LogP contribution in [0.2, 0.25) is 0 Å². The summed E-state index contributed by atoms with van der Waals surface area (Å²) in [5.74, 6) is 1.61. The van der Waals surface area contributed by atoms with Crippen molar-refractivity contribution < 1.29 is 12.6 Å². The van der Waals surface area contributed by atoms with E-state index in [0.717, 1.165) is 44.4 Å². The summed E-state index contributed by atoms with van der Waals surface area (Å²) in [6.07, 6.45) is 8.27. The minimum absolute atomic E-state index is 0. The molecule has 0 unspecified atom stereocenters. The van der Waals surface area contributed by atoms with Gasteiger partial charge >= 0.3 is 29.6 Å². The van der Waals surface area contributed by atoms with Gasteiger partial charge in [0, 0.05) is 0 Å². The molecule has 124 valence electrons. The summed E-state index contributed by atoms with van der Waals surface area (Å²) in [6, 6.07) is 0. The van der Waals surface area contributed by atoms with E-state index in [9.17, 15) is 8.42 Å². The van der Waals surface area contributed by atoms with Gasteiger partial charge in [0.2, 0.25) is 0 Å². The van der Waals surface area contributed by atoms with Crippen LogP contribution in [0.4, 0.5) is 0 Å². The third kappa shape index (κ3) is 18.9. The average Bonchev–Trinajstić information content (AvgIpc) is 2.32. The Bertz CT molecular complexity index is 313. The van der Waals surface area contributed by atoms with Crippen LogP contribution < -0.4 is 0 Å². The van der Waals surface area contributed by atoms with Gasteiger partial charge < -0.3 is 0 Å². The molecule has 0 rings (SSSR count). The molecule has 21 heavy (non-hydrogen) atoms. The molecule has 0 saturated carbocycles. The molecular formula is C16H35NaO3S. The Morgan fingerprint density at radius 1 is 0.762 bits per heavy atom. The topological polar surface area (TPSA) is 43.4 Å². The predicted octanol–water partition coefficient (Wildman–Crippen LogP) is 4.12. The van der Waals surface area contributed by atoms with Gasteiger partial charge in [0.15, 0.2) is 0 Å². The predicted molar refractivity (Wildman–Crippen MR) is 93.5 cm³/mol. The molecule has 0 aromatic rings. The summed E-state index contributed by atoms with van der Waals surface area (Å²) < 4.78 is 28.3. The van der Waals surface area contributed by atoms with Gasteiger partial charge in [0.25, 0.3) is 10.1 Å². The molecule has 0 aromatic heterocycles. The Morgan fingerprint density at radius 2 is 1.24 bits per heavy atom. The van der Waals surface area contributed by atoms with E-state index in [4.69, 9.17) is 4.18 Å². The first-order chi connectivity index (χ1) is 9.33. The summed E-state index contributed by atoms with van der Waals surface area (Å²) in [7, 11) is -3.29. The van der Waals surface area contributed by atoms with Crippen LogP contribution in [0.3, 0.4) is 0 Å².